The van der Waals surface area contributed by atoms with E-state index in [0.717, 1.165) is 23.6 Å². The van der Waals surface area contributed by atoms with Crippen LogP contribution < -0.4 is 10.1 Å². The smallest absolute Gasteiger partial charge is 0.255 e. The Bertz CT molecular complexity index is 662. The van der Waals surface area contributed by atoms with Crippen LogP contribution in [-0.4, -0.2) is 28.8 Å². The molecule has 0 aliphatic heterocycles. The summed E-state index contributed by atoms with van der Waals surface area (Å²) >= 11 is 0. The van der Waals surface area contributed by atoms with Crippen LogP contribution in [0.15, 0.2) is 24.3 Å². The minimum absolute atomic E-state index is 0.0707. The van der Waals surface area contributed by atoms with Crippen LogP contribution in [-0.2, 0) is 7.05 Å². The minimum atomic E-state index is -0.0707. The Kier molecular flexibility index (Phi) is 5.20. The van der Waals surface area contributed by atoms with Gasteiger partial charge in [0.25, 0.3) is 5.91 Å². The van der Waals surface area contributed by atoms with Crippen LogP contribution in [0, 0.1) is 20.8 Å². The van der Waals surface area contributed by atoms with Gasteiger partial charge in [0.2, 0.25) is 0 Å². The molecular formula is C17H23N3O2. The highest BCUT2D eigenvalue weighted by Gasteiger charge is 2.16. The third-order valence-electron chi connectivity index (χ3n) is 3.60. The minimum Gasteiger partial charge on any atom is -0.494 e. The summed E-state index contributed by atoms with van der Waals surface area (Å²) in [7, 11) is 1.84. The molecule has 0 spiro atoms. The van der Waals surface area contributed by atoms with Crippen molar-refractivity contribution in [1.82, 2.24) is 15.1 Å². The van der Waals surface area contributed by atoms with E-state index in [1.54, 1.807) is 4.68 Å². The zero-order chi connectivity index (χ0) is 16.1. The third-order valence-corrected chi connectivity index (χ3v) is 3.60. The molecule has 1 N–H and O–H groups in total. The summed E-state index contributed by atoms with van der Waals surface area (Å²) in [4.78, 5) is 12.2. The van der Waals surface area contributed by atoms with Crippen molar-refractivity contribution in [3.05, 3.63) is 46.8 Å². The van der Waals surface area contributed by atoms with Crippen LogP contribution >= 0.6 is 0 Å². The van der Waals surface area contributed by atoms with Gasteiger partial charge in [0.15, 0.2) is 0 Å². The molecule has 1 aromatic carbocycles. The van der Waals surface area contributed by atoms with E-state index in [-0.39, 0.29) is 5.91 Å². The van der Waals surface area contributed by atoms with Crippen LogP contribution in [0.4, 0.5) is 0 Å². The molecule has 0 saturated carbocycles. The number of ether oxygens (including phenoxy) is 1. The molecule has 2 aromatic rings. The van der Waals surface area contributed by atoms with Crippen LogP contribution in [0.2, 0.25) is 0 Å². The maximum Gasteiger partial charge on any atom is 0.255 e. The van der Waals surface area contributed by atoms with E-state index in [1.165, 1.54) is 5.56 Å². The van der Waals surface area contributed by atoms with E-state index >= 15 is 0 Å². The molecule has 5 nitrogen and oxygen atoms in total. The number of rotatable bonds is 6. The Morgan fingerprint density at radius 3 is 2.73 bits per heavy atom. The van der Waals surface area contributed by atoms with Gasteiger partial charge in [-0.25, -0.2) is 0 Å². The number of carbonyl (C=O) groups excluding carboxylic acids is 1. The second-order valence-electron chi connectivity index (χ2n) is 5.44. The Morgan fingerprint density at radius 1 is 1.32 bits per heavy atom. The zero-order valence-electron chi connectivity index (χ0n) is 13.6. The van der Waals surface area contributed by atoms with Gasteiger partial charge in [-0.3, -0.25) is 9.48 Å². The predicted molar refractivity (Wildman–Crippen MR) is 86.3 cm³/mol. The Balaban J connectivity index is 1.76. The first-order valence-corrected chi connectivity index (χ1v) is 7.47. The molecular weight excluding hydrogens is 278 g/mol. The molecule has 0 aliphatic carbocycles. The van der Waals surface area contributed by atoms with Crippen molar-refractivity contribution in [2.45, 2.75) is 27.2 Å². The lowest BCUT2D eigenvalue weighted by atomic mass is 10.2. The molecule has 0 atom stereocenters. The first kappa shape index (κ1) is 16.1. The number of hydrogen-bond donors (Lipinski definition) is 1. The highest BCUT2D eigenvalue weighted by atomic mass is 16.5. The normalized spacial score (nSPS) is 10.5. The molecule has 1 aromatic heterocycles. The van der Waals surface area contributed by atoms with Crippen molar-refractivity contribution in [2.24, 2.45) is 7.05 Å². The van der Waals surface area contributed by atoms with Crippen molar-refractivity contribution >= 4 is 5.91 Å². The van der Waals surface area contributed by atoms with E-state index < -0.39 is 0 Å². The van der Waals surface area contributed by atoms with Crippen molar-refractivity contribution in [3.63, 3.8) is 0 Å². The summed E-state index contributed by atoms with van der Waals surface area (Å²) in [5.41, 5.74) is 3.48. The molecule has 0 radical (unpaired) electrons. The average molecular weight is 301 g/mol. The highest BCUT2D eigenvalue weighted by Crippen LogP contribution is 2.13. The van der Waals surface area contributed by atoms with Gasteiger partial charge in [0.05, 0.1) is 17.9 Å². The lowest BCUT2D eigenvalue weighted by Gasteiger charge is -2.08. The fraction of sp³-hybridized carbons (Fsp3) is 0.412. The largest absolute Gasteiger partial charge is 0.494 e. The fourth-order valence-corrected chi connectivity index (χ4v) is 2.36. The second-order valence-corrected chi connectivity index (χ2v) is 5.44. The lowest BCUT2D eigenvalue weighted by Crippen LogP contribution is -2.26. The Hall–Kier alpha value is -2.30. The summed E-state index contributed by atoms with van der Waals surface area (Å²) in [6.45, 7) is 6.94. The fourth-order valence-electron chi connectivity index (χ4n) is 2.36. The first-order chi connectivity index (χ1) is 10.5. The molecule has 0 aliphatic rings. The van der Waals surface area contributed by atoms with Crippen LogP contribution in [0.5, 0.6) is 5.75 Å². The van der Waals surface area contributed by atoms with Gasteiger partial charge in [-0.15, -0.1) is 0 Å². The molecule has 0 saturated heterocycles. The summed E-state index contributed by atoms with van der Waals surface area (Å²) in [5.74, 6) is 0.795. The molecule has 0 bridgehead atoms. The van der Waals surface area contributed by atoms with Crippen molar-refractivity contribution in [1.29, 1.82) is 0 Å². The van der Waals surface area contributed by atoms with E-state index in [1.807, 2.05) is 52.1 Å². The third kappa shape index (κ3) is 3.87. The van der Waals surface area contributed by atoms with Crippen molar-refractivity contribution < 1.29 is 9.53 Å². The number of aryl methyl sites for hydroxylation is 3. The van der Waals surface area contributed by atoms with Crippen LogP contribution in [0.25, 0.3) is 0 Å². The zero-order valence-corrected chi connectivity index (χ0v) is 13.6. The van der Waals surface area contributed by atoms with E-state index in [2.05, 4.69) is 10.4 Å². The molecule has 0 fully saturated rings. The number of aromatic nitrogens is 2. The summed E-state index contributed by atoms with van der Waals surface area (Å²) < 4.78 is 7.39. The van der Waals surface area contributed by atoms with E-state index in [0.29, 0.717) is 18.7 Å². The van der Waals surface area contributed by atoms with Gasteiger partial charge in [-0.1, -0.05) is 12.1 Å². The molecule has 1 amide bonds. The first-order valence-electron chi connectivity index (χ1n) is 7.47. The van der Waals surface area contributed by atoms with Gasteiger partial charge < -0.3 is 10.1 Å². The predicted octanol–water partition coefficient (Wildman–Crippen LogP) is 2.54. The van der Waals surface area contributed by atoms with Gasteiger partial charge in [-0.2, -0.15) is 5.10 Å². The number of amides is 1. The average Bonchev–Trinajstić information content (AvgIpc) is 2.71. The summed E-state index contributed by atoms with van der Waals surface area (Å²) in [6.07, 6.45) is 0.762. The van der Waals surface area contributed by atoms with Crippen LogP contribution in [0.1, 0.15) is 33.7 Å². The highest BCUT2D eigenvalue weighted by molar-refractivity contribution is 5.96. The Morgan fingerprint density at radius 2 is 2.09 bits per heavy atom. The van der Waals surface area contributed by atoms with Gasteiger partial charge in [0, 0.05) is 19.3 Å². The number of carbonyl (C=O) groups is 1. The summed E-state index contributed by atoms with van der Waals surface area (Å²) in [5, 5.41) is 7.17. The van der Waals surface area contributed by atoms with Crippen molar-refractivity contribution in [2.75, 3.05) is 13.2 Å². The topological polar surface area (TPSA) is 56.1 Å². The lowest BCUT2D eigenvalue weighted by molar-refractivity contribution is 0.0950. The number of nitrogens with one attached hydrogen (secondary N) is 1. The standard InChI is InChI=1S/C17H23N3O2/c1-12-7-5-8-15(11-12)22-10-6-9-18-17(21)16-13(2)19-20(4)14(16)3/h5,7-8,11H,6,9-10H2,1-4H3,(H,18,21). The molecule has 2 rings (SSSR count). The monoisotopic (exact) mass is 301 g/mol. The summed E-state index contributed by atoms with van der Waals surface area (Å²) in [6, 6.07) is 7.95. The number of nitrogens with zero attached hydrogens (tertiary/aromatic N) is 2. The van der Waals surface area contributed by atoms with Gasteiger partial charge in [0.1, 0.15) is 5.75 Å². The maximum absolute atomic E-state index is 12.2. The van der Waals surface area contributed by atoms with Crippen molar-refractivity contribution in [3.8, 4) is 5.75 Å². The SMILES string of the molecule is Cc1cccc(OCCCNC(=O)c2c(C)nn(C)c2C)c1. The molecule has 0 unspecified atom stereocenters. The van der Waals surface area contributed by atoms with E-state index in [4.69, 9.17) is 4.74 Å². The van der Waals surface area contributed by atoms with Crippen LogP contribution in [0.3, 0.4) is 0 Å². The molecule has 22 heavy (non-hydrogen) atoms. The van der Waals surface area contributed by atoms with Gasteiger partial charge >= 0.3 is 0 Å². The Labute approximate surface area is 131 Å². The molecule has 1 heterocycles. The maximum atomic E-state index is 12.2. The number of benzene rings is 1. The molecule has 5 heteroatoms. The quantitative estimate of drug-likeness (QED) is 0.834. The van der Waals surface area contributed by atoms with E-state index in [9.17, 15) is 4.79 Å². The van der Waals surface area contributed by atoms with Gasteiger partial charge in [-0.05, 0) is 44.9 Å². The molecule has 118 valence electrons. The second kappa shape index (κ2) is 7.11. The number of hydrogen-bond acceptors (Lipinski definition) is 3.